The number of hydrogen-bond donors (Lipinski definition) is 0. The van der Waals surface area contributed by atoms with Crippen molar-refractivity contribution < 1.29 is 13.3 Å². The molecule has 0 saturated carbocycles. The van der Waals surface area contributed by atoms with Gasteiger partial charge in [0.05, 0.1) is 15.5 Å². The first-order valence-corrected chi connectivity index (χ1v) is 23.0. The molecule has 0 fully saturated rings. The highest BCUT2D eigenvalue weighted by atomic mass is 32.1. The lowest BCUT2D eigenvalue weighted by Gasteiger charge is -2.33. The molecule has 0 aliphatic rings. The lowest BCUT2D eigenvalue weighted by molar-refractivity contribution is 0.232. The van der Waals surface area contributed by atoms with Gasteiger partial charge in [-0.3, -0.25) is 0 Å². The van der Waals surface area contributed by atoms with Crippen LogP contribution in [0, 0.1) is 6.92 Å². The van der Waals surface area contributed by atoms with Gasteiger partial charge in [0.2, 0.25) is 0 Å². The normalized spacial score (nSPS) is 11.9. The Hall–Kier alpha value is -1.01. The van der Waals surface area contributed by atoms with Gasteiger partial charge in [0.25, 0.3) is 0 Å². The highest BCUT2D eigenvalue weighted by Crippen LogP contribution is 2.41. The Bertz CT molecular complexity index is 1070. The molecule has 0 aliphatic carbocycles. The summed E-state index contributed by atoms with van der Waals surface area (Å²) in [7, 11) is -4.26. The number of rotatable bonds is 8. The van der Waals surface area contributed by atoms with Crippen LogP contribution in [0.1, 0.15) is 72.1 Å². The average molecular weight is 658 g/mol. The van der Waals surface area contributed by atoms with E-state index in [4.69, 9.17) is 25.5 Å². The van der Waals surface area contributed by atoms with Crippen molar-refractivity contribution in [3.05, 3.63) is 28.8 Å². The summed E-state index contributed by atoms with van der Waals surface area (Å²) < 4.78 is 29.1. The van der Waals surface area contributed by atoms with E-state index in [1.165, 1.54) is 16.7 Å². The summed E-state index contributed by atoms with van der Waals surface area (Å²) in [4.78, 5) is 0. The van der Waals surface area contributed by atoms with Gasteiger partial charge >= 0.3 is 25.4 Å². The summed E-state index contributed by atoms with van der Waals surface area (Å²) >= 11 is 13.7. The molecule has 0 radical (unpaired) electrons. The van der Waals surface area contributed by atoms with E-state index in [1.807, 2.05) is 53.1 Å². The smallest absolute Gasteiger partial charge is 0.382 e. The van der Waals surface area contributed by atoms with Crippen molar-refractivity contribution in [1.29, 1.82) is 0 Å². The lowest BCUT2D eigenvalue weighted by Crippen LogP contribution is -2.34. The number of hydrogen-bond acceptors (Lipinski definition) is 9. The van der Waals surface area contributed by atoms with Crippen LogP contribution in [0.5, 0.6) is 5.75 Å². The van der Waals surface area contributed by atoms with Crippen LogP contribution in [0.25, 0.3) is 0 Å². The molecule has 40 heavy (non-hydrogen) atoms. The zero-order chi connectivity index (χ0) is 32.2. The van der Waals surface area contributed by atoms with Crippen LogP contribution in [0.15, 0.2) is 26.1 Å². The van der Waals surface area contributed by atoms with Crippen LogP contribution in [-0.4, -0.2) is 54.1 Å². The van der Waals surface area contributed by atoms with Crippen LogP contribution in [0.3, 0.4) is 0 Å². The molecule has 12 heteroatoms. The molecule has 0 N–H and O–H groups in total. The summed E-state index contributed by atoms with van der Waals surface area (Å²) in [6.45, 7) is 31.4. The summed E-state index contributed by atoms with van der Waals surface area (Å²) in [5.74, 6) is 0.983. The molecule has 226 valence electrons. The second-order valence-electron chi connectivity index (χ2n) is 13.1. The lowest BCUT2D eigenvalue weighted by atomic mass is 9.78. The molecule has 6 nitrogen and oxygen atoms in total. The van der Waals surface area contributed by atoms with Gasteiger partial charge in [-0.1, -0.05) is 59.2 Å². The maximum Gasteiger partial charge on any atom is 0.382 e. The topological polar surface area (TPSA) is 64.8 Å². The molecular weight excluding hydrogens is 607 g/mol. The van der Waals surface area contributed by atoms with E-state index >= 15 is 0 Å². The van der Waals surface area contributed by atoms with E-state index in [2.05, 4.69) is 114 Å². The first kappa shape index (κ1) is 41.1. The molecule has 0 aromatic heterocycles. The van der Waals surface area contributed by atoms with E-state index in [-0.39, 0.29) is 16.9 Å². The molecule has 1 aromatic rings. The van der Waals surface area contributed by atoms with Gasteiger partial charge in [-0.05, 0) is 119 Å². The van der Waals surface area contributed by atoms with Crippen molar-refractivity contribution in [2.45, 2.75) is 119 Å². The second-order valence-corrected chi connectivity index (χ2v) is 23.9. The quantitative estimate of drug-likeness (QED) is 0.158. The predicted octanol–water partition coefficient (Wildman–Crippen LogP) is 9.43. The predicted molar refractivity (Wildman–Crippen MR) is 190 cm³/mol. The molecule has 0 spiro atoms. The maximum absolute atomic E-state index is 6.46. The molecule has 1 rings (SSSR count). The van der Waals surface area contributed by atoms with Crippen LogP contribution in [0.2, 0.25) is 39.3 Å². The molecule has 0 amide bonds. The highest BCUT2D eigenvalue weighted by Gasteiger charge is 2.32. The van der Waals surface area contributed by atoms with E-state index < -0.39 is 25.4 Å². The summed E-state index contributed by atoms with van der Waals surface area (Å²) in [6.07, 6.45) is 0.230. The molecule has 0 atom stereocenters. The second kappa shape index (κ2) is 17.2. The fraction of sp³-hybridized carbons (Fsp3) is 0.679. The first-order chi connectivity index (χ1) is 17.9. The van der Waals surface area contributed by atoms with Crippen molar-refractivity contribution in [2.75, 3.05) is 7.11 Å². The summed E-state index contributed by atoms with van der Waals surface area (Å²) in [5, 5.41) is 7.16. The van der Waals surface area contributed by atoms with Crippen molar-refractivity contribution in [2.24, 2.45) is 14.0 Å². The third-order valence-corrected chi connectivity index (χ3v) is 10.6. The van der Waals surface area contributed by atoms with Crippen LogP contribution in [0.4, 0.5) is 0 Å². The Morgan fingerprint density at radius 2 is 1.05 bits per heavy atom. The third-order valence-electron chi connectivity index (χ3n) is 5.17. The molecule has 0 heterocycles. The van der Waals surface area contributed by atoms with Crippen molar-refractivity contribution >= 4 is 77.6 Å². The molecular formula is C28H51N3O3S3Si3. The number of aryl methyl sites for hydroxylation is 1. The number of thiocarbonyl (C=S) groups is 3. The van der Waals surface area contributed by atoms with Crippen molar-refractivity contribution in [3.8, 4) is 5.75 Å². The third kappa shape index (κ3) is 17.7. The van der Waals surface area contributed by atoms with Gasteiger partial charge in [-0.15, -0.1) is 0 Å². The zero-order valence-corrected chi connectivity index (χ0v) is 33.0. The fourth-order valence-corrected chi connectivity index (χ4v) is 7.95. The van der Waals surface area contributed by atoms with Gasteiger partial charge in [0.15, 0.2) is 0 Å². The monoisotopic (exact) mass is 657 g/mol. The SMILES string of the molecule is CC(C)O[Si](C)(C)N=C=S.CO[Si](C)(C)N=C=S.Cc1cc(C(C)(C)C)c(O[Si](C)(C)N=C=S)c(C(C)(C)C)c1. The minimum absolute atomic E-state index is 0.00717. The zero-order valence-electron chi connectivity index (χ0n) is 27.5. The van der Waals surface area contributed by atoms with Crippen LogP contribution < -0.4 is 4.43 Å². The van der Waals surface area contributed by atoms with Gasteiger partial charge in [0, 0.05) is 13.2 Å². The first-order valence-electron chi connectivity index (χ1n) is 13.2. The van der Waals surface area contributed by atoms with E-state index in [9.17, 15) is 0 Å². The number of benzene rings is 1. The molecule has 1 aromatic carbocycles. The Kier molecular flexibility index (Phi) is 17.7. The fourth-order valence-electron chi connectivity index (χ4n) is 3.25. The standard InChI is InChI=1S/C18H29NOSSi.C6H13NOSSi.C4H9NOSSi/c1-13-10-14(17(2,3)4)16(15(11-13)18(5,6)7)20-22(8,9)19-12-21;1-6(2)8-10(3,4)7-5-9;1-6-8(2,3)5-4-7/h10-11H,1-9H3;6H,1-4H3;1-3H3. The van der Waals surface area contributed by atoms with Crippen molar-refractivity contribution in [3.63, 3.8) is 0 Å². The average Bonchev–Trinajstić information content (AvgIpc) is 2.73. The number of isothiocyanates is 3. The van der Waals surface area contributed by atoms with E-state index in [0.717, 1.165) is 5.75 Å². The van der Waals surface area contributed by atoms with Gasteiger partial charge in [-0.25, -0.2) is 14.0 Å². The van der Waals surface area contributed by atoms with Crippen LogP contribution >= 0.6 is 36.7 Å². The highest BCUT2D eigenvalue weighted by molar-refractivity contribution is 7.78. The van der Waals surface area contributed by atoms with Crippen LogP contribution in [-0.2, 0) is 19.7 Å². The molecule has 0 unspecified atom stereocenters. The van der Waals surface area contributed by atoms with Gasteiger partial charge in [0.1, 0.15) is 5.75 Å². The maximum atomic E-state index is 6.46. The van der Waals surface area contributed by atoms with Crippen molar-refractivity contribution in [1.82, 2.24) is 0 Å². The van der Waals surface area contributed by atoms with Gasteiger partial charge in [-0.2, -0.15) is 0 Å². The Morgan fingerprint density at radius 1 is 0.700 bits per heavy atom. The summed E-state index contributed by atoms with van der Waals surface area (Å²) in [5.41, 5.74) is 3.75. The molecule has 0 saturated heterocycles. The minimum atomic E-state index is -2.27. The number of nitrogens with zero attached hydrogens (tertiary/aromatic N) is 3. The molecule has 0 aliphatic heterocycles. The Labute approximate surface area is 263 Å². The summed E-state index contributed by atoms with van der Waals surface area (Å²) in [6, 6.07) is 4.46. The molecule has 0 bridgehead atoms. The van der Waals surface area contributed by atoms with E-state index in [0.29, 0.717) is 0 Å². The largest absolute Gasteiger partial charge is 0.523 e. The van der Waals surface area contributed by atoms with E-state index in [1.54, 1.807) is 7.11 Å². The Morgan fingerprint density at radius 3 is 1.32 bits per heavy atom. The minimum Gasteiger partial charge on any atom is -0.523 e. The Balaban J connectivity index is 0. The van der Waals surface area contributed by atoms with Gasteiger partial charge < -0.3 is 13.3 Å².